The van der Waals surface area contributed by atoms with Crippen LogP contribution in [0.4, 0.5) is 5.69 Å². The lowest BCUT2D eigenvalue weighted by Crippen LogP contribution is -2.11. The van der Waals surface area contributed by atoms with Gasteiger partial charge in [0.05, 0.1) is 18.3 Å². The summed E-state index contributed by atoms with van der Waals surface area (Å²) in [6.45, 7) is 2.83. The number of hydrogen-bond acceptors (Lipinski definition) is 3. The van der Waals surface area contributed by atoms with Gasteiger partial charge in [-0.2, -0.15) is 0 Å². The van der Waals surface area contributed by atoms with E-state index in [1.807, 2.05) is 6.07 Å². The van der Waals surface area contributed by atoms with Crippen molar-refractivity contribution >= 4 is 33.2 Å². The van der Waals surface area contributed by atoms with Crippen molar-refractivity contribution in [3.8, 4) is 5.75 Å². The molecule has 21 heavy (non-hydrogen) atoms. The Morgan fingerprint density at radius 3 is 3.14 bits per heavy atom. The average molecular weight is 368 g/mol. The van der Waals surface area contributed by atoms with E-state index in [9.17, 15) is 0 Å². The van der Waals surface area contributed by atoms with Crippen LogP contribution < -0.4 is 10.1 Å². The van der Waals surface area contributed by atoms with Crippen molar-refractivity contribution in [1.29, 1.82) is 0 Å². The van der Waals surface area contributed by atoms with Gasteiger partial charge in [0.15, 0.2) is 5.15 Å². The molecule has 1 aromatic carbocycles. The van der Waals surface area contributed by atoms with Gasteiger partial charge in [-0.25, -0.2) is 4.98 Å². The van der Waals surface area contributed by atoms with Crippen LogP contribution in [-0.2, 0) is 0 Å². The van der Waals surface area contributed by atoms with E-state index in [1.54, 1.807) is 6.20 Å². The van der Waals surface area contributed by atoms with Gasteiger partial charge in [0.2, 0.25) is 0 Å². The van der Waals surface area contributed by atoms with Gasteiger partial charge >= 0.3 is 0 Å². The highest BCUT2D eigenvalue weighted by Crippen LogP contribution is 2.37. The number of pyridine rings is 1. The third kappa shape index (κ3) is 3.16. The monoisotopic (exact) mass is 366 g/mol. The second-order valence-corrected chi connectivity index (χ2v) is 6.45. The molecule has 0 aliphatic carbocycles. The molecule has 110 valence electrons. The van der Waals surface area contributed by atoms with Crippen molar-refractivity contribution in [1.82, 2.24) is 4.98 Å². The molecule has 3 rings (SSSR count). The summed E-state index contributed by atoms with van der Waals surface area (Å²) in [6, 6.07) is 8.39. The minimum Gasteiger partial charge on any atom is -0.493 e. The van der Waals surface area contributed by atoms with Gasteiger partial charge in [0.1, 0.15) is 5.75 Å². The Hall–Kier alpha value is -1.26. The Kier molecular flexibility index (Phi) is 4.36. The van der Waals surface area contributed by atoms with Crippen molar-refractivity contribution in [2.45, 2.75) is 25.8 Å². The minimum atomic E-state index is 0.177. The maximum Gasteiger partial charge on any atom is 0.152 e. The molecule has 1 unspecified atom stereocenters. The molecule has 3 nitrogen and oxygen atoms in total. The molecule has 5 heteroatoms. The molecule has 0 saturated carbocycles. The van der Waals surface area contributed by atoms with Crippen molar-refractivity contribution < 1.29 is 4.74 Å². The van der Waals surface area contributed by atoms with Gasteiger partial charge in [-0.1, -0.05) is 29.8 Å². The number of fused-ring (bicyclic) bond motifs is 1. The Morgan fingerprint density at radius 2 is 2.29 bits per heavy atom. The Morgan fingerprint density at radius 1 is 1.43 bits per heavy atom. The van der Waals surface area contributed by atoms with Crippen molar-refractivity contribution in [3.05, 3.63) is 51.2 Å². The zero-order chi connectivity index (χ0) is 14.8. The number of hydrogen-bond donors (Lipinski definition) is 1. The highest BCUT2D eigenvalue weighted by molar-refractivity contribution is 9.10. The summed E-state index contributed by atoms with van der Waals surface area (Å²) in [7, 11) is 0. The van der Waals surface area contributed by atoms with Crippen LogP contribution in [0.3, 0.4) is 0 Å². The lowest BCUT2D eigenvalue weighted by Gasteiger charge is -2.21. The topological polar surface area (TPSA) is 34.1 Å². The largest absolute Gasteiger partial charge is 0.493 e. The second-order valence-electron chi connectivity index (χ2n) is 5.17. The third-order valence-electron chi connectivity index (χ3n) is 3.64. The standard InChI is InChI=1S/C16H16BrClN2O/c1-10-4-2-5-12-13(6-3-7-21-15(10)12)20-14-8-11(17)9-19-16(14)18/h2,4-5,8-9,13,20H,3,6-7H2,1H3. The summed E-state index contributed by atoms with van der Waals surface area (Å²) in [5.41, 5.74) is 3.19. The van der Waals surface area contributed by atoms with Crippen molar-refractivity contribution in [3.63, 3.8) is 0 Å². The first-order chi connectivity index (χ1) is 10.1. The van der Waals surface area contributed by atoms with Gasteiger partial charge in [-0.3, -0.25) is 0 Å². The van der Waals surface area contributed by atoms with E-state index in [-0.39, 0.29) is 6.04 Å². The number of nitrogens with one attached hydrogen (secondary N) is 1. The molecule has 0 spiro atoms. The van der Waals surface area contributed by atoms with Gasteiger partial charge in [0.25, 0.3) is 0 Å². The number of ether oxygens (including phenoxy) is 1. The van der Waals surface area contributed by atoms with Crippen LogP contribution in [0.1, 0.15) is 30.0 Å². The Balaban J connectivity index is 1.96. The fourth-order valence-electron chi connectivity index (χ4n) is 2.63. The first-order valence-corrected chi connectivity index (χ1v) is 8.12. The minimum absolute atomic E-state index is 0.177. The number of para-hydroxylation sites is 1. The van der Waals surface area contributed by atoms with Gasteiger partial charge in [-0.15, -0.1) is 0 Å². The molecule has 1 aliphatic rings. The van der Waals surface area contributed by atoms with E-state index < -0.39 is 0 Å². The highest BCUT2D eigenvalue weighted by atomic mass is 79.9. The zero-order valence-electron chi connectivity index (χ0n) is 11.7. The summed E-state index contributed by atoms with van der Waals surface area (Å²) >= 11 is 9.62. The number of halogens is 2. The average Bonchev–Trinajstić information content (AvgIpc) is 2.67. The predicted molar refractivity (Wildman–Crippen MR) is 89.2 cm³/mol. The normalized spacial score (nSPS) is 17.6. The summed E-state index contributed by atoms with van der Waals surface area (Å²) in [4.78, 5) is 4.17. The smallest absolute Gasteiger partial charge is 0.152 e. The van der Waals surface area contributed by atoms with E-state index >= 15 is 0 Å². The van der Waals surface area contributed by atoms with Crippen LogP contribution in [0.15, 0.2) is 34.9 Å². The number of nitrogens with zero attached hydrogens (tertiary/aromatic N) is 1. The summed E-state index contributed by atoms with van der Waals surface area (Å²) in [5.74, 6) is 0.992. The fourth-order valence-corrected chi connectivity index (χ4v) is 3.11. The molecular weight excluding hydrogens is 352 g/mol. The molecular formula is C16H16BrClN2O. The number of aromatic nitrogens is 1. The van der Waals surface area contributed by atoms with E-state index in [2.05, 4.69) is 51.4 Å². The quantitative estimate of drug-likeness (QED) is 0.747. The van der Waals surface area contributed by atoms with Gasteiger partial charge in [0, 0.05) is 16.2 Å². The van der Waals surface area contributed by atoms with E-state index in [1.165, 1.54) is 11.1 Å². The Labute approximate surface area is 137 Å². The molecule has 1 atom stereocenters. The fraction of sp³-hybridized carbons (Fsp3) is 0.312. The lowest BCUT2D eigenvalue weighted by molar-refractivity contribution is 0.314. The number of benzene rings is 1. The van der Waals surface area contributed by atoms with Crippen LogP contribution in [-0.4, -0.2) is 11.6 Å². The summed E-state index contributed by atoms with van der Waals surface area (Å²) in [5, 5.41) is 3.99. The molecule has 2 aromatic rings. The van der Waals surface area contributed by atoms with Crippen LogP contribution in [0.25, 0.3) is 0 Å². The maximum absolute atomic E-state index is 6.19. The molecule has 1 aliphatic heterocycles. The predicted octanol–water partition coefficient (Wildman–Crippen LogP) is 5.13. The molecule has 0 radical (unpaired) electrons. The first kappa shape index (κ1) is 14.7. The third-order valence-corrected chi connectivity index (χ3v) is 4.37. The molecule has 0 saturated heterocycles. The first-order valence-electron chi connectivity index (χ1n) is 6.95. The van der Waals surface area contributed by atoms with Gasteiger partial charge < -0.3 is 10.1 Å². The van der Waals surface area contributed by atoms with E-state index in [0.29, 0.717) is 5.15 Å². The Bertz CT molecular complexity index is 663. The van der Waals surface area contributed by atoms with Crippen LogP contribution >= 0.6 is 27.5 Å². The second kappa shape index (κ2) is 6.24. The van der Waals surface area contributed by atoms with Crippen LogP contribution in [0.2, 0.25) is 5.15 Å². The van der Waals surface area contributed by atoms with E-state index in [0.717, 1.165) is 35.4 Å². The molecule has 0 bridgehead atoms. The number of rotatable bonds is 2. The highest BCUT2D eigenvalue weighted by Gasteiger charge is 2.21. The van der Waals surface area contributed by atoms with Crippen molar-refractivity contribution in [2.24, 2.45) is 0 Å². The molecule has 0 amide bonds. The SMILES string of the molecule is Cc1cccc2c1OCCCC2Nc1cc(Br)cnc1Cl. The van der Waals surface area contributed by atoms with E-state index in [4.69, 9.17) is 16.3 Å². The summed E-state index contributed by atoms with van der Waals surface area (Å²) in [6.07, 6.45) is 3.70. The lowest BCUT2D eigenvalue weighted by atomic mass is 9.99. The number of anilines is 1. The van der Waals surface area contributed by atoms with Crippen LogP contribution in [0, 0.1) is 6.92 Å². The molecule has 2 heterocycles. The molecule has 1 aromatic heterocycles. The summed E-state index contributed by atoms with van der Waals surface area (Å²) < 4.78 is 6.81. The van der Waals surface area contributed by atoms with Gasteiger partial charge in [-0.05, 0) is 47.3 Å². The van der Waals surface area contributed by atoms with Crippen molar-refractivity contribution in [2.75, 3.05) is 11.9 Å². The maximum atomic E-state index is 6.19. The molecule has 0 fully saturated rings. The zero-order valence-corrected chi connectivity index (χ0v) is 14.0. The number of aryl methyl sites for hydroxylation is 1. The van der Waals surface area contributed by atoms with Crippen LogP contribution in [0.5, 0.6) is 5.75 Å². The molecule has 1 N–H and O–H groups in total.